The van der Waals surface area contributed by atoms with Crippen LogP contribution < -0.4 is 0 Å². The molecule has 8 heteroatoms. The molecule has 1 saturated heterocycles. The topological polar surface area (TPSA) is 130 Å². The van der Waals surface area contributed by atoms with E-state index in [0.29, 0.717) is 6.42 Å². The molecule has 3 rings (SSSR count). The molecule has 2 unspecified atom stereocenters. The van der Waals surface area contributed by atoms with E-state index in [4.69, 9.17) is 9.47 Å². The highest BCUT2D eigenvalue weighted by Gasteiger charge is 2.64. The summed E-state index contributed by atoms with van der Waals surface area (Å²) in [7, 11) is 0. The van der Waals surface area contributed by atoms with E-state index >= 15 is 0 Å². The Morgan fingerprint density at radius 2 is 2.07 bits per heavy atom. The van der Waals surface area contributed by atoms with Crippen LogP contribution >= 0.6 is 0 Å². The number of ether oxygens (including phenoxy) is 2. The molecule has 3 N–H and O–H groups in total. The summed E-state index contributed by atoms with van der Waals surface area (Å²) < 4.78 is 11.1. The molecule has 2 aliphatic carbocycles. The second kappa shape index (κ2) is 6.91. The lowest BCUT2D eigenvalue weighted by atomic mass is 9.51. The molecule has 0 aromatic carbocycles. The van der Waals surface area contributed by atoms with Gasteiger partial charge < -0.3 is 24.8 Å². The SMILES string of the molecule is C=C1C(=O)O[C@H]2[C@H]1[C@@H](OC(=O)C(C)CO)C[C@@]1(C)[C@H](O)CCC(C(=O)O)[C@H]21. The Labute approximate surface area is 157 Å². The van der Waals surface area contributed by atoms with Gasteiger partial charge in [-0.25, -0.2) is 4.79 Å². The van der Waals surface area contributed by atoms with Crippen LogP contribution in [0.5, 0.6) is 0 Å². The van der Waals surface area contributed by atoms with Gasteiger partial charge in [-0.1, -0.05) is 13.5 Å². The molecule has 0 spiro atoms. The van der Waals surface area contributed by atoms with Crippen molar-refractivity contribution in [2.75, 3.05) is 6.61 Å². The van der Waals surface area contributed by atoms with Gasteiger partial charge in [0, 0.05) is 16.9 Å². The zero-order valence-electron chi connectivity index (χ0n) is 15.5. The van der Waals surface area contributed by atoms with Crippen LogP contribution in [0.4, 0.5) is 0 Å². The van der Waals surface area contributed by atoms with Crippen LogP contribution in [0.3, 0.4) is 0 Å². The second-order valence-corrected chi connectivity index (χ2v) is 8.25. The van der Waals surface area contributed by atoms with Gasteiger partial charge in [0.25, 0.3) is 0 Å². The average Bonchev–Trinajstić information content (AvgIpc) is 2.90. The van der Waals surface area contributed by atoms with Crippen molar-refractivity contribution in [1.82, 2.24) is 0 Å². The molecule has 1 heterocycles. The fourth-order valence-corrected chi connectivity index (χ4v) is 5.04. The first-order valence-corrected chi connectivity index (χ1v) is 9.23. The molecule has 1 aliphatic heterocycles. The Morgan fingerprint density at radius 1 is 1.41 bits per heavy atom. The van der Waals surface area contributed by atoms with Gasteiger partial charge in [-0.05, 0) is 26.2 Å². The summed E-state index contributed by atoms with van der Waals surface area (Å²) in [6.45, 7) is 6.68. The molecule has 0 bridgehead atoms. The first-order valence-electron chi connectivity index (χ1n) is 9.23. The number of fused-ring (bicyclic) bond motifs is 3. The van der Waals surface area contributed by atoms with Gasteiger partial charge in [-0.15, -0.1) is 0 Å². The van der Waals surface area contributed by atoms with E-state index in [1.807, 2.05) is 0 Å². The molecule has 3 aliphatic rings. The standard InChI is InChI=1S/C19H26O8/c1-8(7-20)17(24)26-11-6-19(3)12(21)5-4-10(16(22)23)14(19)15-13(11)9(2)18(25)27-15/h8,10-15,20-21H,2,4-7H2,1,3H3,(H,22,23)/t8?,10?,11-,12+,13+,14+,15-,19-/m0/s1. The number of hydrogen-bond donors (Lipinski definition) is 3. The Morgan fingerprint density at radius 3 is 2.67 bits per heavy atom. The first-order chi connectivity index (χ1) is 12.6. The van der Waals surface area contributed by atoms with Crippen LogP contribution in [-0.4, -0.2) is 58.1 Å². The van der Waals surface area contributed by atoms with Gasteiger partial charge in [-0.3, -0.25) is 9.59 Å². The predicted octanol–water partition coefficient (Wildman–Crippen LogP) is 0.506. The maximum Gasteiger partial charge on any atom is 0.334 e. The summed E-state index contributed by atoms with van der Waals surface area (Å²) >= 11 is 0. The van der Waals surface area contributed by atoms with Gasteiger partial charge in [0.2, 0.25) is 0 Å². The summed E-state index contributed by atoms with van der Waals surface area (Å²) in [5.74, 6) is -4.99. The molecule has 2 saturated carbocycles. The van der Waals surface area contributed by atoms with E-state index in [2.05, 4.69) is 6.58 Å². The molecule has 0 aromatic rings. The van der Waals surface area contributed by atoms with Crippen LogP contribution in [0.2, 0.25) is 0 Å². The minimum absolute atomic E-state index is 0.153. The average molecular weight is 382 g/mol. The van der Waals surface area contributed by atoms with E-state index in [1.54, 1.807) is 6.92 Å². The van der Waals surface area contributed by atoms with Crippen LogP contribution in [-0.2, 0) is 23.9 Å². The number of carboxylic acids is 1. The number of carbonyl (C=O) groups is 3. The quantitative estimate of drug-likeness (QED) is 0.473. The number of rotatable bonds is 4. The van der Waals surface area contributed by atoms with E-state index < -0.39 is 65.3 Å². The van der Waals surface area contributed by atoms with Crippen LogP contribution in [0.1, 0.15) is 33.1 Å². The van der Waals surface area contributed by atoms with Crippen molar-refractivity contribution >= 4 is 17.9 Å². The lowest BCUT2D eigenvalue weighted by molar-refractivity contribution is -0.204. The van der Waals surface area contributed by atoms with Crippen molar-refractivity contribution in [2.45, 2.75) is 51.4 Å². The summed E-state index contributed by atoms with van der Waals surface area (Å²) in [6, 6.07) is 0. The molecule has 0 amide bonds. The number of esters is 2. The highest BCUT2D eigenvalue weighted by atomic mass is 16.6. The molecular weight excluding hydrogens is 356 g/mol. The third-order valence-electron chi connectivity index (χ3n) is 6.63. The number of carbonyl (C=O) groups excluding carboxylic acids is 2. The van der Waals surface area contributed by atoms with Crippen LogP contribution in [0.25, 0.3) is 0 Å². The monoisotopic (exact) mass is 382 g/mol. The number of aliphatic hydroxyl groups excluding tert-OH is 2. The highest BCUT2D eigenvalue weighted by Crippen LogP contribution is 2.58. The third kappa shape index (κ3) is 3.04. The van der Waals surface area contributed by atoms with E-state index in [9.17, 15) is 29.7 Å². The Kier molecular flexibility index (Phi) is 5.07. The van der Waals surface area contributed by atoms with Crippen LogP contribution in [0, 0.1) is 29.1 Å². The normalized spacial score (nSPS) is 41.9. The molecule has 3 fully saturated rings. The Bertz CT molecular complexity index is 673. The Hall–Kier alpha value is -1.93. The summed E-state index contributed by atoms with van der Waals surface area (Å²) in [6.07, 6.45) is -1.60. The van der Waals surface area contributed by atoms with Crippen molar-refractivity contribution in [3.8, 4) is 0 Å². The van der Waals surface area contributed by atoms with Gasteiger partial charge in [0.15, 0.2) is 0 Å². The lowest BCUT2D eigenvalue weighted by Crippen LogP contribution is -2.61. The van der Waals surface area contributed by atoms with E-state index in [-0.39, 0.29) is 25.0 Å². The van der Waals surface area contributed by atoms with Crippen molar-refractivity contribution in [1.29, 1.82) is 0 Å². The predicted molar refractivity (Wildman–Crippen MR) is 91.2 cm³/mol. The van der Waals surface area contributed by atoms with Crippen molar-refractivity contribution < 1.29 is 39.2 Å². The zero-order chi connectivity index (χ0) is 20.1. The maximum atomic E-state index is 12.2. The number of hydrogen-bond acceptors (Lipinski definition) is 7. The van der Waals surface area contributed by atoms with Crippen LogP contribution in [0.15, 0.2) is 12.2 Å². The van der Waals surface area contributed by atoms with Gasteiger partial charge in [0.05, 0.1) is 30.5 Å². The summed E-state index contributed by atoms with van der Waals surface area (Å²) in [5, 5.41) is 29.6. The molecule has 27 heavy (non-hydrogen) atoms. The third-order valence-corrected chi connectivity index (χ3v) is 6.63. The van der Waals surface area contributed by atoms with Gasteiger partial charge in [-0.2, -0.15) is 0 Å². The second-order valence-electron chi connectivity index (χ2n) is 8.25. The van der Waals surface area contributed by atoms with E-state index in [0.717, 1.165) is 0 Å². The summed E-state index contributed by atoms with van der Waals surface area (Å²) in [5.41, 5.74) is -0.735. The van der Waals surface area contributed by atoms with Crippen molar-refractivity contribution in [3.63, 3.8) is 0 Å². The molecule has 8 atom stereocenters. The molecule has 8 nitrogen and oxygen atoms in total. The number of carboxylic acid groups (broad SMARTS) is 1. The van der Waals surface area contributed by atoms with Crippen molar-refractivity contribution in [3.05, 3.63) is 12.2 Å². The van der Waals surface area contributed by atoms with E-state index in [1.165, 1.54) is 6.92 Å². The highest BCUT2D eigenvalue weighted by molar-refractivity contribution is 5.91. The minimum atomic E-state index is -0.991. The zero-order valence-corrected chi connectivity index (χ0v) is 15.5. The first kappa shape index (κ1) is 19.8. The minimum Gasteiger partial charge on any atom is -0.481 e. The molecule has 0 aromatic heterocycles. The fraction of sp³-hybridized carbons (Fsp3) is 0.737. The van der Waals surface area contributed by atoms with Gasteiger partial charge in [0.1, 0.15) is 12.2 Å². The number of aliphatic hydroxyl groups is 2. The summed E-state index contributed by atoms with van der Waals surface area (Å²) in [4.78, 5) is 36.3. The van der Waals surface area contributed by atoms with Crippen molar-refractivity contribution in [2.24, 2.45) is 29.1 Å². The largest absolute Gasteiger partial charge is 0.481 e. The molecule has 150 valence electrons. The van der Waals surface area contributed by atoms with Gasteiger partial charge >= 0.3 is 17.9 Å². The molecular formula is C19H26O8. The smallest absolute Gasteiger partial charge is 0.334 e. The Balaban J connectivity index is 2.00. The number of aliphatic carboxylic acids is 1. The fourth-order valence-electron chi connectivity index (χ4n) is 5.04. The maximum absolute atomic E-state index is 12.2. The molecule has 0 radical (unpaired) electrons. The lowest BCUT2D eigenvalue weighted by Gasteiger charge is -2.55.